The molecule has 120 valence electrons. The maximum absolute atomic E-state index is 5.62. The predicted octanol–water partition coefficient (Wildman–Crippen LogP) is 3.10. The van der Waals surface area contributed by atoms with Gasteiger partial charge in [0.1, 0.15) is 0 Å². The summed E-state index contributed by atoms with van der Waals surface area (Å²) in [5.41, 5.74) is 0.919. The van der Waals surface area contributed by atoms with Gasteiger partial charge in [-0.2, -0.15) is 4.98 Å². The minimum Gasteiger partial charge on any atom is -0.475 e. The van der Waals surface area contributed by atoms with Crippen molar-refractivity contribution in [2.75, 3.05) is 25.5 Å². The minimum absolute atomic E-state index is 0.124. The Morgan fingerprint density at radius 1 is 1.19 bits per heavy atom. The number of rotatable bonds is 9. The van der Waals surface area contributed by atoms with E-state index < -0.39 is 0 Å². The Kier molecular flexibility index (Phi) is 7.43. The summed E-state index contributed by atoms with van der Waals surface area (Å²) in [5.74, 6) is 1.29. The van der Waals surface area contributed by atoms with E-state index in [1.807, 2.05) is 26.8 Å². The van der Waals surface area contributed by atoms with Crippen molar-refractivity contribution in [3.8, 4) is 5.88 Å². The van der Waals surface area contributed by atoms with Crippen LogP contribution in [0.15, 0.2) is 6.07 Å². The van der Waals surface area contributed by atoms with Gasteiger partial charge in [-0.1, -0.05) is 0 Å². The molecule has 0 amide bonds. The molecule has 1 N–H and O–H groups in total. The topological polar surface area (TPSA) is 50.3 Å². The van der Waals surface area contributed by atoms with Gasteiger partial charge in [-0.15, -0.1) is 0 Å². The third-order valence-corrected chi connectivity index (χ3v) is 3.29. The van der Waals surface area contributed by atoms with Gasteiger partial charge < -0.3 is 15.0 Å². The fraction of sp³-hybridized carbons (Fsp3) is 0.750. The Bertz CT molecular complexity index is 421. The van der Waals surface area contributed by atoms with Crippen LogP contribution >= 0.6 is 0 Å². The summed E-state index contributed by atoms with van der Waals surface area (Å²) in [5, 5.41) is 3.28. The van der Waals surface area contributed by atoms with Gasteiger partial charge in [0.05, 0.1) is 6.10 Å². The summed E-state index contributed by atoms with van der Waals surface area (Å²) in [4.78, 5) is 11.1. The SMILES string of the molecule is Cc1cc(OC(C)C)nc(NCCCCN(C)C(C)C)n1. The number of unbranched alkanes of at least 4 members (excludes halogenated alkanes) is 1. The molecular formula is C16H30N4O. The smallest absolute Gasteiger partial charge is 0.226 e. The Hall–Kier alpha value is -1.36. The zero-order chi connectivity index (χ0) is 15.8. The van der Waals surface area contributed by atoms with Crippen LogP contribution in [0.2, 0.25) is 0 Å². The van der Waals surface area contributed by atoms with Gasteiger partial charge in [0.2, 0.25) is 11.8 Å². The third-order valence-electron chi connectivity index (χ3n) is 3.29. The summed E-state index contributed by atoms with van der Waals surface area (Å²) >= 11 is 0. The Labute approximate surface area is 129 Å². The fourth-order valence-electron chi connectivity index (χ4n) is 1.87. The molecule has 0 bridgehead atoms. The molecule has 5 nitrogen and oxygen atoms in total. The van der Waals surface area contributed by atoms with Crippen molar-refractivity contribution in [2.24, 2.45) is 0 Å². The third kappa shape index (κ3) is 7.27. The molecule has 0 aliphatic heterocycles. The van der Waals surface area contributed by atoms with E-state index in [4.69, 9.17) is 4.74 Å². The fourth-order valence-corrected chi connectivity index (χ4v) is 1.87. The number of nitrogens with zero attached hydrogens (tertiary/aromatic N) is 3. The second-order valence-corrected chi connectivity index (χ2v) is 6.05. The maximum atomic E-state index is 5.62. The molecule has 21 heavy (non-hydrogen) atoms. The normalized spacial score (nSPS) is 11.5. The van der Waals surface area contributed by atoms with Crippen LogP contribution in [0, 0.1) is 6.92 Å². The van der Waals surface area contributed by atoms with Crippen LogP contribution in [0.1, 0.15) is 46.2 Å². The van der Waals surface area contributed by atoms with Crippen LogP contribution < -0.4 is 10.1 Å². The number of aromatic nitrogens is 2. The van der Waals surface area contributed by atoms with Crippen LogP contribution in [0.5, 0.6) is 5.88 Å². The number of hydrogen-bond donors (Lipinski definition) is 1. The van der Waals surface area contributed by atoms with E-state index in [9.17, 15) is 0 Å². The lowest BCUT2D eigenvalue weighted by Gasteiger charge is -2.20. The first-order valence-electron chi connectivity index (χ1n) is 7.85. The summed E-state index contributed by atoms with van der Waals surface area (Å²) in [6.07, 6.45) is 2.40. The summed E-state index contributed by atoms with van der Waals surface area (Å²) in [6.45, 7) is 12.4. The highest BCUT2D eigenvalue weighted by atomic mass is 16.5. The zero-order valence-corrected chi connectivity index (χ0v) is 14.3. The van der Waals surface area contributed by atoms with Crippen LogP contribution in [-0.4, -0.2) is 47.2 Å². The standard InChI is InChI=1S/C16H30N4O/c1-12(2)20(6)10-8-7-9-17-16-18-14(5)11-15(19-16)21-13(3)4/h11-13H,7-10H2,1-6H3,(H,17,18,19). The Morgan fingerprint density at radius 2 is 1.90 bits per heavy atom. The molecule has 0 aliphatic carbocycles. The van der Waals surface area contributed by atoms with Crippen LogP contribution in [0.4, 0.5) is 5.95 Å². The van der Waals surface area contributed by atoms with Gasteiger partial charge >= 0.3 is 0 Å². The second-order valence-electron chi connectivity index (χ2n) is 6.05. The lowest BCUT2D eigenvalue weighted by atomic mass is 10.2. The highest BCUT2D eigenvalue weighted by Gasteiger charge is 2.05. The molecule has 1 aromatic rings. The van der Waals surface area contributed by atoms with Gasteiger partial charge in [-0.25, -0.2) is 4.98 Å². The van der Waals surface area contributed by atoms with Crippen molar-refractivity contribution in [3.63, 3.8) is 0 Å². The predicted molar refractivity (Wildman–Crippen MR) is 88.0 cm³/mol. The molecule has 0 unspecified atom stereocenters. The van der Waals surface area contributed by atoms with Crippen molar-refractivity contribution >= 4 is 5.95 Å². The van der Waals surface area contributed by atoms with E-state index in [1.54, 1.807) is 0 Å². The Balaban J connectivity index is 2.36. The molecule has 0 saturated heterocycles. The summed E-state index contributed by atoms with van der Waals surface area (Å²) in [7, 11) is 2.16. The van der Waals surface area contributed by atoms with E-state index in [2.05, 4.69) is 41.1 Å². The van der Waals surface area contributed by atoms with Crippen LogP contribution in [0.25, 0.3) is 0 Å². The molecule has 0 radical (unpaired) electrons. The molecule has 0 aliphatic rings. The van der Waals surface area contributed by atoms with E-state index in [0.29, 0.717) is 17.9 Å². The van der Waals surface area contributed by atoms with Crippen molar-refractivity contribution in [1.82, 2.24) is 14.9 Å². The van der Waals surface area contributed by atoms with Crippen molar-refractivity contribution < 1.29 is 4.74 Å². The van der Waals surface area contributed by atoms with Crippen molar-refractivity contribution in [2.45, 2.75) is 59.6 Å². The molecule has 0 spiro atoms. The first kappa shape index (κ1) is 17.7. The average molecular weight is 294 g/mol. The number of anilines is 1. The molecule has 0 fully saturated rings. The lowest BCUT2D eigenvalue weighted by molar-refractivity contribution is 0.232. The average Bonchev–Trinajstić information content (AvgIpc) is 2.36. The van der Waals surface area contributed by atoms with Gasteiger partial charge in [-0.05, 0) is 61.1 Å². The number of ether oxygens (including phenoxy) is 1. The van der Waals surface area contributed by atoms with Gasteiger partial charge in [0.25, 0.3) is 0 Å². The molecule has 5 heteroatoms. The van der Waals surface area contributed by atoms with Crippen LogP contribution in [-0.2, 0) is 0 Å². The number of aryl methyl sites for hydroxylation is 1. The first-order chi connectivity index (χ1) is 9.88. The molecule has 0 aromatic carbocycles. The van der Waals surface area contributed by atoms with E-state index in [1.165, 1.54) is 6.42 Å². The largest absolute Gasteiger partial charge is 0.475 e. The van der Waals surface area contributed by atoms with E-state index in [-0.39, 0.29) is 6.10 Å². The van der Waals surface area contributed by atoms with Gasteiger partial charge in [0.15, 0.2) is 0 Å². The highest BCUT2D eigenvalue weighted by molar-refractivity contribution is 5.30. The monoisotopic (exact) mass is 294 g/mol. The molecular weight excluding hydrogens is 264 g/mol. The molecule has 1 aromatic heterocycles. The maximum Gasteiger partial charge on any atom is 0.226 e. The van der Waals surface area contributed by atoms with Gasteiger partial charge in [0, 0.05) is 24.3 Å². The molecule has 1 heterocycles. The molecule has 1 rings (SSSR count). The number of nitrogens with one attached hydrogen (secondary N) is 1. The van der Waals surface area contributed by atoms with E-state index >= 15 is 0 Å². The Morgan fingerprint density at radius 3 is 2.52 bits per heavy atom. The van der Waals surface area contributed by atoms with E-state index in [0.717, 1.165) is 25.2 Å². The minimum atomic E-state index is 0.124. The highest BCUT2D eigenvalue weighted by Crippen LogP contribution is 2.13. The quantitative estimate of drug-likeness (QED) is 0.709. The summed E-state index contributed by atoms with van der Waals surface area (Å²) in [6, 6.07) is 2.47. The molecule has 0 atom stereocenters. The zero-order valence-electron chi connectivity index (χ0n) is 14.3. The molecule has 0 saturated carbocycles. The van der Waals surface area contributed by atoms with Crippen molar-refractivity contribution in [3.05, 3.63) is 11.8 Å². The van der Waals surface area contributed by atoms with Gasteiger partial charge in [-0.3, -0.25) is 0 Å². The first-order valence-corrected chi connectivity index (χ1v) is 7.85. The van der Waals surface area contributed by atoms with Crippen LogP contribution in [0.3, 0.4) is 0 Å². The second kappa shape index (κ2) is 8.82. The summed E-state index contributed by atoms with van der Waals surface area (Å²) < 4.78 is 5.62. The van der Waals surface area contributed by atoms with Crippen molar-refractivity contribution in [1.29, 1.82) is 0 Å². The lowest BCUT2D eigenvalue weighted by Crippen LogP contribution is -2.27. The number of hydrogen-bond acceptors (Lipinski definition) is 5.